The van der Waals surface area contributed by atoms with Crippen molar-refractivity contribution in [3.63, 3.8) is 0 Å². The van der Waals surface area contributed by atoms with Crippen LogP contribution < -0.4 is 10.1 Å². The SMILES string of the molecule is COc1c(C)cnc(CN[C@H](CC(=O)O)C(=O)O)c1C. The van der Waals surface area contributed by atoms with Gasteiger partial charge in [0.2, 0.25) is 0 Å². The van der Waals surface area contributed by atoms with Crippen molar-refractivity contribution < 1.29 is 24.5 Å². The van der Waals surface area contributed by atoms with Gasteiger partial charge >= 0.3 is 11.9 Å². The van der Waals surface area contributed by atoms with E-state index in [0.29, 0.717) is 11.4 Å². The predicted molar refractivity (Wildman–Crippen MR) is 70.8 cm³/mol. The van der Waals surface area contributed by atoms with Gasteiger partial charge in [-0.25, -0.2) is 0 Å². The van der Waals surface area contributed by atoms with Crippen LogP contribution in [0.1, 0.15) is 23.2 Å². The van der Waals surface area contributed by atoms with E-state index in [1.807, 2.05) is 13.8 Å². The Bertz CT molecular complexity index is 516. The molecule has 0 aromatic carbocycles. The van der Waals surface area contributed by atoms with Gasteiger partial charge in [0.15, 0.2) is 0 Å². The molecular weight excluding hydrogens is 264 g/mol. The van der Waals surface area contributed by atoms with Crippen LogP contribution in [-0.2, 0) is 16.1 Å². The molecule has 0 saturated carbocycles. The summed E-state index contributed by atoms with van der Waals surface area (Å²) < 4.78 is 5.26. The number of carboxylic acid groups (broad SMARTS) is 2. The molecular formula is C13H18N2O5. The summed E-state index contributed by atoms with van der Waals surface area (Å²) in [6, 6.07) is -1.15. The molecule has 7 heteroatoms. The van der Waals surface area contributed by atoms with Crippen molar-refractivity contribution in [3.05, 3.63) is 23.0 Å². The van der Waals surface area contributed by atoms with Crippen molar-refractivity contribution in [1.29, 1.82) is 0 Å². The van der Waals surface area contributed by atoms with Crippen LogP contribution in [0, 0.1) is 13.8 Å². The Hall–Kier alpha value is -2.15. The minimum Gasteiger partial charge on any atom is -0.496 e. The maximum Gasteiger partial charge on any atom is 0.321 e. The molecule has 0 bridgehead atoms. The first-order valence-corrected chi connectivity index (χ1v) is 6.03. The fourth-order valence-electron chi connectivity index (χ4n) is 1.89. The highest BCUT2D eigenvalue weighted by molar-refractivity contribution is 5.80. The highest BCUT2D eigenvalue weighted by Gasteiger charge is 2.21. The third-order valence-corrected chi connectivity index (χ3v) is 2.94. The second-order valence-electron chi connectivity index (χ2n) is 4.42. The minimum atomic E-state index is -1.20. The molecule has 0 unspecified atom stereocenters. The van der Waals surface area contributed by atoms with Gasteiger partial charge in [0.1, 0.15) is 11.8 Å². The van der Waals surface area contributed by atoms with E-state index in [9.17, 15) is 9.59 Å². The Balaban J connectivity index is 2.83. The molecule has 0 saturated heterocycles. The van der Waals surface area contributed by atoms with Crippen molar-refractivity contribution in [2.45, 2.75) is 32.9 Å². The van der Waals surface area contributed by atoms with Crippen molar-refractivity contribution in [3.8, 4) is 5.75 Å². The second-order valence-corrected chi connectivity index (χ2v) is 4.42. The largest absolute Gasteiger partial charge is 0.496 e. The van der Waals surface area contributed by atoms with Crippen LogP contribution >= 0.6 is 0 Å². The molecule has 0 aliphatic carbocycles. The molecule has 0 aliphatic rings. The summed E-state index contributed by atoms with van der Waals surface area (Å²) in [6.07, 6.45) is 1.15. The monoisotopic (exact) mass is 282 g/mol. The molecule has 1 atom stereocenters. The highest BCUT2D eigenvalue weighted by atomic mass is 16.5. The third-order valence-electron chi connectivity index (χ3n) is 2.94. The normalized spacial score (nSPS) is 11.9. The van der Waals surface area contributed by atoms with E-state index in [2.05, 4.69) is 10.3 Å². The summed E-state index contributed by atoms with van der Waals surface area (Å²) in [7, 11) is 1.55. The van der Waals surface area contributed by atoms with Crippen LogP contribution in [0.5, 0.6) is 5.75 Å². The molecule has 3 N–H and O–H groups in total. The lowest BCUT2D eigenvalue weighted by atomic mass is 10.1. The van der Waals surface area contributed by atoms with Gasteiger partial charge in [-0.05, 0) is 13.8 Å². The first-order valence-electron chi connectivity index (χ1n) is 6.03. The van der Waals surface area contributed by atoms with Gasteiger partial charge < -0.3 is 14.9 Å². The van der Waals surface area contributed by atoms with E-state index in [1.165, 1.54) is 0 Å². The molecule has 7 nitrogen and oxygen atoms in total. The molecule has 0 radical (unpaired) electrons. The number of hydrogen-bond donors (Lipinski definition) is 3. The fourth-order valence-corrected chi connectivity index (χ4v) is 1.89. The molecule has 1 rings (SSSR count). The number of pyridine rings is 1. The number of aromatic nitrogens is 1. The van der Waals surface area contributed by atoms with Gasteiger partial charge in [0.05, 0.1) is 19.2 Å². The summed E-state index contributed by atoms with van der Waals surface area (Å²) >= 11 is 0. The molecule has 110 valence electrons. The van der Waals surface area contributed by atoms with Crippen LogP contribution in [0.15, 0.2) is 6.20 Å². The van der Waals surface area contributed by atoms with E-state index in [4.69, 9.17) is 14.9 Å². The lowest BCUT2D eigenvalue weighted by Gasteiger charge is -2.15. The topological polar surface area (TPSA) is 109 Å². The number of nitrogens with one attached hydrogen (secondary N) is 1. The highest BCUT2D eigenvalue weighted by Crippen LogP contribution is 2.23. The number of ether oxygens (including phenoxy) is 1. The number of rotatable bonds is 7. The average molecular weight is 282 g/mol. The van der Waals surface area contributed by atoms with Gasteiger partial charge in [0, 0.05) is 23.9 Å². The average Bonchev–Trinajstić information content (AvgIpc) is 2.36. The first kappa shape index (κ1) is 15.9. The summed E-state index contributed by atoms with van der Waals surface area (Å²) in [5.74, 6) is -1.68. The third kappa shape index (κ3) is 3.92. The van der Waals surface area contributed by atoms with Crippen LogP contribution in [0.3, 0.4) is 0 Å². The smallest absolute Gasteiger partial charge is 0.321 e. The Morgan fingerprint density at radius 1 is 1.40 bits per heavy atom. The number of carbonyl (C=O) groups is 2. The molecule has 0 amide bonds. The van der Waals surface area contributed by atoms with Gasteiger partial charge in [-0.2, -0.15) is 0 Å². The maximum atomic E-state index is 10.9. The number of hydrogen-bond acceptors (Lipinski definition) is 5. The van der Waals surface area contributed by atoms with Crippen molar-refractivity contribution in [1.82, 2.24) is 10.3 Å². The van der Waals surface area contributed by atoms with Crippen LogP contribution in [0.2, 0.25) is 0 Å². The maximum absolute atomic E-state index is 10.9. The summed E-state index contributed by atoms with van der Waals surface area (Å²) in [5.41, 5.74) is 2.32. The number of carboxylic acids is 2. The molecule has 0 aliphatic heterocycles. The van der Waals surface area contributed by atoms with E-state index in [1.54, 1.807) is 13.3 Å². The first-order chi connectivity index (χ1) is 9.36. The predicted octanol–water partition coefficient (Wildman–Crippen LogP) is 0.725. The number of aliphatic carboxylic acids is 2. The van der Waals surface area contributed by atoms with Crippen LogP contribution in [0.4, 0.5) is 0 Å². The molecule has 1 aromatic heterocycles. The van der Waals surface area contributed by atoms with E-state index < -0.39 is 24.4 Å². The fraction of sp³-hybridized carbons (Fsp3) is 0.462. The quantitative estimate of drug-likeness (QED) is 0.676. The molecule has 0 spiro atoms. The van der Waals surface area contributed by atoms with Crippen LogP contribution in [0.25, 0.3) is 0 Å². The van der Waals surface area contributed by atoms with Crippen LogP contribution in [-0.4, -0.2) is 40.3 Å². The van der Waals surface area contributed by atoms with E-state index in [0.717, 1.165) is 11.1 Å². The van der Waals surface area contributed by atoms with Crippen molar-refractivity contribution >= 4 is 11.9 Å². The lowest BCUT2D eigenvalue weighted by molar-refractivity contribution is -0.146. The minimum absolute atomic E-state index is 0.159. The molecule has 1 aromatic rings. The van der Waals surface area contributed by atoms with Gasteiger partial charge in [0.25, 0.3) is 0 Å². The zero-order valence-electron chi connectivity index (χ0n) is 11.6. The van der Waals surface area contributed by atoms with Gasteiger partial charge in [-0.15, -0.1) is 0 Å². The summed E-state index contributed by atoms with van der Waals surface area (Å²) in [5, 5.41) is 20.3. The van der Waals surface area contributed by atoms with E-state index in [-0.39, 0.29) is 6.54 Å². The number of aryl methyl sites for hydroxylation is 1. The number of nitrogens with zero attached hydrogens (tertiary/aromatic N) is 1. The Kier molecular flexibility index (Phi) is 5.45. The standard InChI is InChI=1S/C13H18N2O5/c1-7-5-14-10(8(2)12(7)20-3)6-15-9(13(18)19)4-11(16)17/h5,9,15H,4,6H2,1-3H3,(H,16,17)(H,18,19)/t9-/m1/s1. The lowest BCUT2D eigenvalue weighted by Crippen LogP contribution is -2.38. The second kappa shape index (κ2) is 6.85. The Labute approximate surface area is 116 Å². The van der Waals surface area contributed by atoms with Crippen molar-refractivity contribution in [2.75, 3.05) is 7.11 Å². The summed E-state index contributed by atoms with van der Waals surface area (Å²) in [6.45, 7) is 3.84. The van der Waals surface area contributed by atoms with Crippen molar-refractivity contribution in [2.24, 2.45) is 0 Å². The summed E-state index contributed by atoms with van der Waals surface area (Å²) in [4.78, 5) is 25.8. The van der Waals surface area contributed by atoms with Gasteiger partial charge in [-0.3, -0.25) is 19.9 Å². The Morgan fingerprint density at radius 2 is 2.05 bits per heavy atom. The molecule has 20 heavy (non-hydrogen) atoms. The Morgan fingerprint density at radius 3 is 2.55 bits per heavy atom. The number of methoxy groups -OCH3 is 1. The zero-order chi connectivity index (χ0) is 15.3. The molecule has 1 heterocycles. The van der Waals surface area contributed by atoms with E-state index >= 15 is 0 Å². The van der Waals surface area contributed by atoms with Gasteiger partial charge in [-0.1, -0.05) is 0 Å². The molecule has 0 fully saturated rings. The zero-order valence-corrected chi connectivity index (χ0v) is 11.6.